The van der Waals surface area contributed by atoms with E-state index in [0.29, 0.717) is 45.5 Å². The van der Waals surface area contributed by atoms with Crippen LogP contribution in [0.2, 0.25) is 0 Å². The van der Waals surface area contributed by atoms with E-state index in [2.05, 4.69) is 30.7 Å². The molecule has 2 aromatic carbocycles. The average Bonchev–Trinajstić information content (AvgIpc) is 3.78. The number of hydrogen-bond acceptors (Lipinski definition) is 9. The van der Waals surface area contributed by atoms with Crippen molar-refractivity contribution in [3.05, 3.63) is 59.8 Å². The van der Waals surface area contributed by atoms with Gasteiger partial charge < -0.3 is 34.6 Å². The number of fused-ring (bicyclic) bond motifs is 8. The van der Waals surface area contributed by atoms with Crippen LogP contribution in [0.1, 0.15) is 71.0 Å². The monoisotopic (exact) mass is 625 g/mol. The number of aromatic nitrogens is 2. The average molecular weight is 626 g/mol. The van der Waals surface area contributed by atoms with Crippen molar-refractivity contribution in [2.75, 3.05) is 52.4 Å². The number of para-hydroxylation sites is 2. The van der Waals surface area contributed by atoms with Gasteiger partial charge in [-0.05, 0) is 114 Å². The second kappa shape index (κ2) is 12.8. The molecule has 9 heterocycles. The zero-order valence-electron chi connectivity index (χ0n) is 26.2. The lowest BCUT2D eigenvalue weighted by Crippen LogP contribution is -2.57. The molecule has 2 aromatic heterocycles. The summed E-state index contributed by atoms with van der Waals surface area (Å²) in [5.74, 6) is 2.32. The summed E-state index contributed by atoms with van der Waals surface area (Å²) in [5, 5.41) is 9.83. The third-order valence-corrected chi connectivity index (χ3v) is 10.9. The molecule has 7 aliphatic heterocycles. The van der Waals surface area contributed by atoms with Gasteiger partial charge >= 0.3 is 0 Å². The fourth-order valence-corrected chi connectivity index (χ4v) is 8.21. The molecule has 2 atom stereocenters. The predicted molar refractivity (Wildman–Crippen MR) is 174 cm³/mol. The van der Waals surface area contributed by atoms with Crippen LogP contribution in [-0.4, -0.2) is 96.0 Å². The first-order valence-electron chi connectivity index (χ1n) is 17.1. The Hall–Kier alpha value is -3.80. The van der Waals surface area contributed by atoms with Gasteiger partial charge in [-0.15, -0.1) is 0 Å². The van der Waals surface area contributed by atoms with E-state index < -0.39 is 0 Å². The summed E-state index contributed by atoms with van der Waals surface area (Å²) in [7, 11) is 0. The van der Waals surface area contributed by atoms with Crippen LogP contribution in [0.4, 0.5) is 0 Å². The first-order valence-corrected chi connectivity index (χ1v) is 17.1. The van der Waals surface area contributed by atoms with Crippen LogP contribution in [-0.2, 0) is 0 Å². The van der Waals surface area contributed by atoms with Crippen molar-refractivity contribution in [1.29, 1.82) is 0 Å². The van der Waals surface area contributed by atoms with Crippen molar-refractivity contribution in [3.8, 4) is 0 Å². The number of piperidine rings is 7. The molecule has 4 bridgehead atoms. The van der Waals surface area contributed by atoms with Crippen LogP contribution in [0.3, 0.4) is 0 Å². The highest BCUT2D eigenvalue weighted by molar-refractivity contribution is 6.05. The molecule has 7 aliphatic rings. The summed E-state index contributed by atoms with van der Waals surface area (Å²) in [6, 6.07) is 11.7. The van der Waals surface area contributed by atoms with Gasteiger partial charge in [0.2, 0.25) is 0 Å². The predicted octanol–water partition coefficient (Wildman–Crippen LogP) is 3.77. The lowest BCUT2D eigenvalue weighted by atomic mass is 9.84. The van der Waals surface area contributed by atoms with E-state index in [1.807, 2.05) is 36.4 Å². The molecular weight excluding hydrogens is 582 g/mol. The van der Waals surface area contributed by atoms with Gasteiger partial charge in [-0.25, -0.2) is 9.97 Å². The minimum absolute atomic E-state index is 0.0143. The summed E-state index contributed by atoms with van der Waals surface area (Å²) in [4.78, 5) is 39.2. The lowest BCUT2D eigenvalue weighted by Gasteiger charge is -2.44. The van der Waals surface area contributed by atoms with Crippen molar-refractivity contribution in [2.24, 2.45) is 11.8 Å². The number of rotatable bonds is 5. The van der Waals surface area contributed by atoms with Crippen LogP contribution in [0.15, 0.2) is 51.6 Å². The Morgan fingerprint density at radius 3 is 1.87 bits per heavy atom. The quantitative estimate of drug-likeness (QED) is 0.304. The molecule has 0 aliphatic carbocycles. The van der Waals surface area contributed by atoms with E-state index >= 15 is 0 Å². The van der Waals surface area contributed by atoms with Crippen LogP contribution in [0.25, 0.3) is 22.2 Å². The summed E-state index contributed by atoms with van der Waals surface area (Å²) in [5.41, 5.74) is 3.98. The fraction of sp³-hybridized carbons (Fsp3) is 0.543. The van der Waals surface area contributed by atoms with Gasteiger partial charge in [-0.1, -0.05) is 12.1 Å². The number of hydrogen-bond donors (Lipinski definition) is 3. The van der Waals surface area contributed by atoms with Gasteiger partial charge in [0.15, 0.2) is 23.5 Å². The molecule has 11 heteroatoms. The zero-order chi connectivity index (χ0) is 31.0. The Labute approximate surface area is 268 Å². The maximum absolute atomic E-state index is 13.0. The molecule has 0 saturated carbocycles. The van der Waals surface area contributed by atoms with Crippen LogP contribution >= 0.6 is 0 Å². The van der Waals surface area contributed by atoms with Crippen LogP contribution in [0, 0.1) is 11.8 Å². The standard InChI is InChI=1S/C20H26N4O2.C15H17N3O2/c25-19(22-16-12-24-10-6-13(16)7-11-24)15-2-1-3-17-18(15)23-20(26-17)14-4-8-21-9-5-14;19-15(11-2-1-3-13-14(11)16-9-20-13)17-12-8-18-6-4-10(12)5-7-18/h1-3,13-14,16,21H,4-12H2,(H,22,25);1-3,9-10,12H,4-8H2,(H,17,19). The third-order valence-electron chi connectivity index (χ3n) is 10.9. The van der Waals surface area contributed by atoms with E-state index in [4.69, 9.17) is 13.8 Å². The molecule has 11 nitrogen and oxygen atoms in total. The Bertz CT molecular complexity index is 1700. The van der Waals surface area contributed by atoms with Gasteiger partial charge in [-0.2, -0.15) is 0 Å². The summed E-state index contributed by atoms with van der Waals surface area (Å²) in [6.45, 7) is 8.65. The van der Waals surface area contributed by atoms with E-state index in [1.54, 1.807) is 0 Å². The molecule has 4 aromatic rings. The second-order valence-electron chi connectivity index (χ2n) is 13.7. The van der Waals surface area contributed by atoms with Gasteiger partial charge in [0, 0.05) is 31.1 Å². The highest BCUT2D eigenvalue weighted by Crippen LogP contribution is 2.31. The molecule has 3 N–H and O–H groups in total. The minimum atomic E-state index is -0.0387. The van der Waals surface area contributed by atoms with E-state index in [0.717, 1.165) is 50.5 Å². The molecular formula is C35H43N7O4. The van der Waals surface area contributed by atoms with Gasteiger partial charge in [-0.3, -0.25) is 9.59 Å². The number of carbonyl (C=O) groups is 2. The molecule has 7 fully saturated rings. The van der Waals surface area contributed by atoms with Crippen LogP contribution < -0.4 is 16.0 Å². The second-order valence-corrected chi connectivity index (χ2v) is 13.7. The minimum Gasteiger partial charge on any atom is -0.443 e. The Morgan fingerprint density at radius 2 is 1.30 bits per heavy atom. The van der Waals surface area contributed by atoms with Crippen molar-refractivity contribution < 1.29 is 18.4 Å². The molecule has 2 unspecified atom stereocenters. The van der Waals surface area contributed by atoms with Gasteiger partial charge in [0.1, 0.15) is 11.0 Å². The van der Waals surface area contributed by atoms with E-state index in [1.165, 1.54) is 58.3 Å². The molecule has 242 valence electrons. The number of oxazole rings is 2. The van der Waals surface area contributed by atoms with Crippen molar-refractivity contribution >= 4 is 34.0 Å². The molecule has 0 spiro atoms. The summed E-state index contributed by atoms with van der Waals surface area (Å²) >= 11 is 0. The Balaban J connectivity index is 0.000000140. The van der Waals surface area contributed by atoms with Crippen molar-refractivity contribution in [2.45, 2.75) is 56.5 Å². The van der Waals surface area contributed by atoms with E-state index in [9.17, 15) is 9.59 Å². The summed E-state index contributed by atoms with van der Waals surface area (Å²) < 4.78 is 11.3. The number of nitrogens with one attached hydrogen (secondary N) is 3. The first-order chi connectivity index (χ1) is 22.6. The summed E-state index contributed by atoms with van der Waals surface area (Å²) in [6.07, 6.45) is 8.23. The molecule has 46 heavy (non-hydrogen) atoms. The number of nitrogens with zero attached hydrogens (tertiary/aromatic N) is 4. The van der Waals surface area contributed by atoms with Crippen LogP contribution in [0.5, 0.6) is 0 Å². The Kier molecular flexibility index (Phi) is 8.22. The molecule has 7 saturated heterocycles. The maximum atomic E-state index is 13.0. The lowest BCUT2D eigenvalue weighted by molar-refractivity contribution is 0.0618. The van der Waals surface area contributed by atoms with Crippen molar-refractivity contribution in [1.82, 2.24) is 35.7 Å². The maximum Gasteiger partial charge on any atom is 0.253 e. The number of amides is 2. The van der Waals surface area contributed by atoms with Crippen molar-refractivity contribution in [3.63, 3.8) is 0 Å². The smallest absolute Gasteiger partial charge is 0.253 e. The Morgan fingerprint density at radius 1 is 0.739 bits per heavy atom. The van der Waals surface area contributed by atoms with Gasteiger partial charge in [0.25, 0.3) is 11.8 Å². The number of benzene rings is 2. The normalized spacial score (nSPS) is 29.0. The largest absolute Gasteiger partial charge is 0.443 e. The van der Waals surface area contributed by atoms with Gasteiger partial charge in [0.05, 0.1) is 11.1 Å². The molecule has 11 rings (SSSR count). The zero-order valence-corrected chi connectivity index (χ0v) is 26.2. The first kappa shape index (κ1) is 29.6. The fourth-order valence-electron chi connectivity index (χ4n) is 8.21. The molecule has 0 radical (unpaired) electrons. The number of carbonyl (C=O) groups excluding carboxylic acids is 2. The highest BCUT2D eigenvalue weighted by atomic mass is 16.3. The molecule has 2 amide bonds. The SMILES string of the molecule is O=C(NC1CN2CCC1CC2)c1cccc2oc(C3CCNCC3)nc12.O=C(NC1CN2CCC1CC2)c1cccc2ocnc12. The third kappa shape index (κ3) is 5.91. The van der Waals surface area contributed by atoms with E-state index in [-0.39, 0.29) is 23.9 Å². The topological polar surface area (TPSA) is 129 Å². The highest BCUT2D eigenvalue weighted by Gasteiger charge is 2.36.